The standard InChI is InChI=1S/C10H12N2O2/c1-9(2,3)14-8(13)10(6-12)4-7(10)5-11/h7H,4H2,1-3H3/t7-,10-/m0/s1. The highest BCUT2D eigenvalue weighted by atomic mass is 16.6. The number of hydrogen-bond acceptors (Lipinski definition) is 4. The molecule has 4 nitrogen and oxygen atoms in total. The number of ether oxygens (including phenoxy) is 1. The molecule has 0 amide bonds. The van der Waals surface area contributed by atoms with Gasteiger partial charge in [0.2, 0.25) is 0 Å². The van der Waals surface area contributed by atoms with Crippen LogP contribution in [0.3, 0.4) is 0 Å². The van der Waals surface area contributed by atoms with Gasteiger partial charge in [-0.05, 0) is 27.2 Å². The molecule has 1 aliphatic carbocycles. The monoisotopic (exact) mass is 192 g/mol. The molecule has 0 aliphatic heterocycles. The summed E-state index contributed by atoms with van der Waals surface area (Å²) < 4.78 is 5.08. The Balaban J connectivity index is 2.73. The van der Waals surface area contributed by atoms with Gasteiger partial charge < -0.3 is 4.74 Å². The molecule has 0 aromatic rings. The Morgan fingerprint density at radius 1 is 1.50 bits per heavy atom. The Bertz CT molecular complexity index is 343. The highest BCUT2D eigenvalue weighted by Crippen LogP contribution is 2.52. The van der Waals surface area contributed by atoms with E-state index in [2.05, 4.69) is 0 Å². The van der Waals surface area contributed by atoms with Gasteiger partial charge in [-0.1, -0.05) is 0 Å². The predicted molar refractivity (Wildman–Crippen MR) is 47.6 cm³/mol. The van der Waals surface area contributed by atoms with Crippen LogP contribution >= 0.6 is 0 Å². The minimum absolute atomic E-state index is 0.301. The minimum atomic E-state index is -1.19. The smallest absolute Gasteiger partial charge is 0.328 e. The highest BCUT2D eigenvalue weighted by molar-refractivity contribution is 5.85. The number of nitriles is 2. The zero-order chi connectivity index (χ0) is 11.0. The van der Waals surface area contributed by atoms with Crippen LogP contribution < -0.4 is 0 Å². The maximum Gasteiger partial charge on any atom is 0.328 e. The van der Waals surface area contributed by atoms with Crippen molar-refractivity contribution >= 4 is 5.97 Å². The Labute approximate surface area is 83.1 Å². The van der Waals surface area contributed by atoms with Crippen molar-refractivity contribution in [2.45, 2.75) is 32.8 Å². The fourth-order valence-electron chi connectivity index (χ4n) is 1.18. The molecule has 0 aromatic heterocycles. The zero-order valence-electron chi connectivity index (χ0n) is 8.50. The first-order valence-electron chi connectivity index (χ1n) is 4.40. The summed E-state index contributed by atoms with van der Waals surface area (Å²) in [6.45, 7) is 5.21. The second-order valence-electron chi connectivity index (χ2n) is 4.47. The normalized spacial score (nSPS) is 29.9. The number of nitrogens with zero attached hydrogens (tertiary/aromatic N) is 2. The molecule has 0 saturated heterocycles. The highest BCUT2D eigenvalue weighted by Gasteiger charge is 2.63. The van der Waals surface area contributed by atoms with Crippen molar-refractivity contribution in [1.29, 1.82) is 10.5 Å². The van der Waals surface area contributed by atoms with Gasteiger partial charge in [0.1, 0.15) is 5.60 Å². The molecule has 1 aliphatic rings. The lowest BCUT2D eigenvalue weighted by Crippen LogP contribution is -2.30. The lowest BCUT2D eigenvalue weighted by Gasteiger charge is -2.21. The molecule has 0 bridgehead atoms. The van der Waals surface area contributed by atoms with E-state index in [4.69, 9.17) is 15.3 Å². The van der Waals surface area contributed by atoms with Crippen LogP contribution in [0.2, 0.25) is 0 Å². The van der Waals surface area contributed by atoms with Crippen molar-refractivity contribution in [2.75, 3.05) is 0 Å². The molecule has 0 spiro atoms. The van der Waals surface area contributed by atoms with Crippen molar-refractivity contribution in [3.8, 4) is 12.1 Å². The molecule has 1 rings (SSSR count). The van der Waals surface area contributed by atoms with Crippen molar-refractivity contribution in [3.05, 3.63) is 0 Å². The summed E-state index contributed by atoms with van der Waals surface area (Å²) in [7, 11) is 0. The van der Waals surface area contributed by atoms with Crippen molar-refractivity contribution in [1.82, 2.24) is 0 Å². The summed E-state index contributed by atoms with van der Waals surface area (Å²) in [5.74, 6) is -1.07. The van der Waals surface area contributed by atoms with E-state index in [0.29, 0.717) is 6.42 Å². The molecule has 0 unspecified atom stereocenters. The van der Waals surface area contributed by atoms with E-state index in [9.17, 15) is 4.79 Å². The molecule has 1 fully saturated rings. The molecule has 74 valence electrons. The van der Waals surface area contributed by atoms with Crippen LogP contribution in [0.25, 0.3) is 0 Å². The fourth-order valence-corrected chi connectivity index (χ4v) is 1.18. The molecule has 14 heavy (non-hydrogen) atoms. The third kappa shape index (κ3) is 1.70. The van der Waals surface area contributed by atoms with Crippen LogP contribution in [0.5, 0.6) is 0 Å². The number of esters is 1. The topological polar surface area (TPSA) is 73.9 Å². The summed E-state index contributed by atoms with van der Waals surface area (Å²) >= 11 is 0. The first-order chi connectivity index (χ1) is 6.35. The Morgan fingerprint density at radius 2 is 2.07 bits per heavy atom. The fraction of sp³-hybridized carbons (Fsp3) is 0.700. The van der Waals surface area contributed by atoms with Crippen molar-refractivity contribution in [2.24, 2.45) is 11.3 Å². The summed E-state index contributed by atoms with van der Waals surface area (Å²) in [4.78, 5) is 11.5. The largest absolute Gasteiger partial charge is 0.459 e. The van der Waals surface area contributed by atoms with Gasteiger partial charge in [0.05, 0.1) is 18.1 Å². The van der Waals surface area contributed by atoms with Gasteiger partial charge in [-0.3, -0.25) is 4.79 Å². The van der Waals surface area contributed by atoms with E-state index in [1.165, 1.54) is 0 Å². The maximum absolute atomic E-state index is 11.5. The van der Waals surface area contributed by atoms with Crippen molar-refractivity contribution in [3.63, 3.8) is 0 Å². The van der Waals surface area contributed by atoms with Crippen LogP contribution in [0.15, 0.2) is 0 Å². The zero-order valence-corrected chi connectivity index (χ0v) is 8.50. The Kier molecular flexibility index (Phi) is 2.25. The van der Waals surface area contributed by atoms with Gasteiger partial charge in [-0.15, -0.1) is 0 Å². The SMILES string of the molecule is CC(C)(C)OC(=O)[C@]1(C#N)C[C@H]1C#N. The molecular weight excluding hydrogens is 180 g/mol. The quantitative estimate of drug-likeness (QED) is 0.588. The van der Waals surface area contributed by atoms with E-state index >= 15 is 0 Å². The van der Waals surface area contributed by atoms with Crippen LogP contribution in [0.4, 0.5) is 0 Å². The summed E-state index contributed by atoms with van der Waals surface area (Å²) in [6.07, 6.45) is 0.301. The van der Waals surface area contributed by atoms with E-state index in [-0.39, 0.29) is 0 Å². The molecule has 0 heterocycles. The molecule has 1 saturated carbocycles. The van der Waals surface area contributed by atoms with Crippen LogP contribution in [-0.2, 0) is 9.53 Å². The molecule has 0 N–H and O–H groups in total. The van der Waals surface area contributed by atoms with Crippen LogP contribution in [0, 0.1) is 34.0 Å². The maximum atomic E-state index is 11.5. The Hall–Kier alpha value is -1.55. The van der Waals surface area contributed by atoms with Gasteiger partial charge in [-0.25, -0.2) is 0 Å². The third-order valence-corrected chi connectivity index (χ3v) is 2.08. The molecule has 0 aromatic carbocycles. The minimum Gasteiger partial charge on any atom is -0.459 e. The van der Waals surface area contributed by atoms with Crippen LogP contribution in [0.1, 0.15) is 27.2 Å². The average molecular weight is 192 g/mol. The van der Waals surface area contributed by atoms with Gasteiger partial charge in [0, 0.05) is 0 Å². The van der Waals surface area contributed by atoms with Gasteiger partial charge in [0.15, 0.2) is 5.41 Å². The van der Waals surface area contributed by atoms with E-state index in [1.807, 2.05) is 12.1 Å². The van der Waals surface area contributed by atoms with Crippen LogP contribution in [-0.4, -0.2) is 11.6 Å². The summed E-state index contributed by atoms with van der Waals surface area (Å²) in [6, 6.07) is 3.80. The lowest BCUT2D eigenvalue weighted by molar-refractivity contribution is -0.159. The van der Waals surface area contributed by atoms with Gasteiger partial charge >= 0.3 is 5.97 Å². The second kappa shape index (κ2) is 2.99. The third-order valence-electron chi connectivity index (χ3n) is 2.08. The second-order valence-corrected chi connectivity index (χ2v) is 4.47. The average Bonchev–Trinajstić information content (AvgIpc) is 2.76. The summed E-state index contributed by atoms with van der Waals surface area (Å²) in [5.41, 5.74) is -1.80. The molecule has 4 heteroatoms. The summed E-state index contributed by atoms with van der Waals surface area (Å²) in [5, 5.41) is 17.4. The van der Waals surface area contributed by atoms with Gasteiger partial charge in [0.25, 0.3) is 0 Å². The number of hydrogen-bond donors (Lipinski definition) is 0. The predicted octanol–water partition coefficient (Wildman–Crippen LogP) is 1.38. The van der Waals surface area contributed by atoms with Crippen molar-refractivity contribution < 1.29 is 9.53 Å². The molecule has 2 atom stereocenters. The van der Waals surface area contributed by atoms with E-state index < -0.39 is 22.9 Å². The number of carbonyl (C=O) groups excluding carboxylic acids is 1. The number of rotatable bonds is 1. The number of carbonyl (C=O) groups is 1. The lowest BCUT2D eigenvalue weighted by atomic mass is 10.1. The van der Waals surface area contributed by atoms with E-state index in [0.717, 1.165) is 0 Å². The first kappa shape index (κ1) is 10.5. The first-order valence-corrected chi connectivity index (χ1v) is 4.40. The molecule has 0 radical (unpaired) electrons. The Morgan fingerprint density at radius 3 is 2.36 bits per heavy atom. The molecular formula is C10H12N2O2. The van der Waals surface area contributed by atoms with Gasteiger partial charge in [-0.2, -0.15) is 10.5 Å². The van der Waals surface area contributed by atoms with E-state index in [1.54, 1.807) is 20.8 Å².